The van der Waals surface area contributed by atoms with Crippen molar-refractivity contribution in [2.24, 2.45) is 50.2 Å². The van der Waals surface area contributed by atoms with E-state index < -0.39 is 0 Å². The third-order valence-electron chi connectivity index (χ3n) is 13.2. The molecule has 4 saturated carbocycles. The van der Waals surface area contributed by atoms with Gasteiger partial charge in [-0.25, -0.2) is 0 Å². The Labute approximate surface area is 208 Å². The number of carbonyl (C=O) groups is 1. The molecule has 0 bridgehead atoms. The molecule has 0 saturated heterocycles. The van der Waals surface area contributed by atoms with E-state index in [4.69, 9.17) is 4.74 Å². The van der Waals surface area contributed by atoms with E-state index >= 15 is 0 Å². The Balaban J connectivity index is 1.60. The predicted molar refractivity (Wildman–Crippen MR) is 137 cm³/mol. The maximum absolute atomic E-state index is 13.3. The van der Waals surface area contributed by atoms with Gasteiger partial charge in [0.15, 0.2) is 0 Å². The van der Waals surface area contributed by atoms with Crippen LogP contribution in [-0.4, -0.2) is 24.3 Å². The van der Waals surface area contributed by atoms with Crippen LogP contribution < -0.4 is 0 Å². The number of hydrogen-bond donors (Lipinski definition) is 1. The Morgan fingerprint density at radius 1 is 0.912 bits per heavy atom. The van der Waals surface area contributed by atoms with E-state index in [1.165, 1.54) is 12.8 Å². The lowest BCUT2D eigenvalue weighted by Crippen LogP contribution is -2.65. The van der Waals surface area contributed by atoms with Crippen LogP contribution in [-0.2, 0) is 9.53 Å². The van der Waals surface area contributed by atoms with E-state index in [0.29, 0.717) is 17.8 Å². The molecule has 0 amide bonds. The summed E-state index contributed by atoms with van der Waals surface area (Å²) < 4.78 is 5.49. The number of methoxy groups -OCH3 is 1. The highest BCUT2D eigenvalue weighted by Gasteiger charge is 2.69. The van der Waals surface area contributed by atoms with Crippen molar-refractivity contribution in [1.29, 1.82) is 0 Å². The number of rotatable bonds is 1. The Kier molecular flexibility index (Phi) is 5.38. The van der Waals surface area contributed by atoms with E-state index in [1.54, 1.807) is 12.7 Å². The van der Waals surface area contributed by atoms with Gasteiger partial charge in [0.25, 0.3) is 0 Å². The first kappa shape index (κ1) is 24.8. The van der Waals surface area contributed by atoms with Gasteiger partial charge < -0.3 is 9.84 Å². The molecule has 3 nitrogen and oxygen atoms in total. The van der Waals surface area contributed by atoms with Crippen LogP contribution in [0.1, 0.15) is 113 Å². The van der Waals surface area contributed by atoms with E-state index in [0.717, 1.165) is 51.4 Å². The molecule has 1 N–H and O–H groups in total. The fourth-order valence-electron chi connectivity index (χ4n) is 10.8. The van der Waals surface area contributed by atoms with Crippen LogP contribution in [0, 0.1) is 50.2 Å². The summed E-state index contributed by atoms with van der Waals surface area (Å²) in [5.74, 6) is 1.57. The lowest BCUT2D eigenvalue weighted by molar-refractivity contribution is -0.206. The molecule has 0 aromatic rings. The van der Waals surface area contributed by atoms with Gasteiger partial charge in [0.1, 0.15) is 0 Å². The average Bonchev–Trinajstić information content (AvgIpc) is 2.76. The monoisotopic (exact) mass is 470 g/mol. The topological polar surface area (TPSA) is 46.5 Å². The second kappa shape index (κ2) is 7.36. The quantitative estimate of drug-likeness (QED) is 0.322. The van der Waals surface area contributed by atoms with Crippen LogP contribution in [0.15, 0.2) is 11.6 Å². The highest BCUT2D eigenvalue weighted by atomic mass is 16.5. The first-order valence-corrected chi connectivity index (χ1v) is 14.2. The Bertz CT molecular complexity index is 900. The second-order valence-electron chi connectivity index (χ2n) is 15.2. The fourth-order valence-corrected chi connectivity index (χ4v) is 10.8. The molecule has 0 aromatic carbocycles. The number of carbonyl (C=O) groups excluding carboxylic acids is 1. The number of hydrogen-bond acceptors (Lipinski definition) is 3. The van der Waals surface area contributed by atoms with Gasteiger partial charge in [0, 0.05) is 0 Å². The lowest BCUT2D eigenvalue weighted by atomic mass is 9.33. The number of allylic oxidation sites excluding steroid dienone is 2. The van der Waals surface area contributed by atoms with Crippen molar-refractivity contribution in [3.8, 4) is 0 Å². The summed E-state index contributed by atoms with van der Waals surface area (Å²) in [6.07, 6.45) is 13.4. The van der Waals surface area contributed by atoms with Gasteiger partial charge >= 0.3 is 5.97 Å². The van der Waals surface area contributed by atoms with Crippen molar-refractivity contribution >= 4 is 5.97 Å². The van der Waals surface area contributed by atoms with Gasteiger partial charge in [-0.2, -0.15) is 0 Å². The van der Waals surface area contributed by atoms with E-state index in [-0.39, 0.29) is 44.6 Å². The molecule has 0 unspecified atom stereocenters. The zero-order valence-corrected chi connectivity index (χ0v) is 23.2. The van der Waals surface area contributed by atoms with E-state index in [1.807, 2.05) is 0 Å². The van der Waals surface area contributed by atoms with Gasteiger partial charge in [-0.3, -0.25) is 4.79 Å². The van der Waals surface area contributed by atoms with E-state index in [2.05, 4.69) is 54.5 Å². The molecule has 3 heteroatoms. The summed E-state index contributed by atoms with van der Waals surface area (Å²) in [5.41, 5.74) is 2.18. The Morgan fingerprint density at radius 2 is 1.59 bits per heavy atom. The zero-order chi connectivity index (χ0) is 24.9. The van der Waals surface area contributed by atoms with Gasteiger partial charge in [-0.15, -0.1) is 0 Å². The standard InChI is InChI=1S/C31H50O3/c1-26(2)15-17-31(25(33)34-8)18-16-29(6)20(21(31)19-26)9-10-23-28(5)13-12-24(32)27(3,4)22(28)11-14-30(23,29)7/h9,21-24,32H,10-19H2,1-8H3/t21-,22+,23-,24-,28-,29+,30+,31-/m0/s1. The second-order valence-corrected chi connectivity index (χ2v) is 15.2. The van der Waals surface area contributed by atoms with E-state index in [9.17, 15) is 9.90 Å². The van der Waals surface area contributed by atoms with Gasteiger partial charge in [-0.1, -0.05) is 60.1 Å². The number of aliphatic hydroxyl groups excluding tert-OH is 1. The summed E-state index contributed by atoms with van der Waals surface area (Å²) in [6.45, 7) is 17.2. The Hall–Kier alpha value is -0.830. The largest absolute Gasteiger partial charge is 0.469 e. The maximum Gasteiger partial charge on any atom is 0.312 e. The number of ether oxygens (including phenoxy) is 1. The third-order valence-corrected chi connectivity index (χ3v) is 13.2. The molecule has 8 atom stereocenters. The summed E-state index contributed by atoms with van der Waals surface area (Å²) in [5, 5.41) is 10.9. The smallest absolute Gasteiger partial charge is 0.312 e. The minimum absolute atomic E-state index is 0.0147. The van der Waals surface area contributed by atoms with Crippen LogP contribution >= 0.6 is 0 Å². The molecule has 5 aliphatic rings. The summed E-state index contributed by atoms with van der Waals surface area (Å²) >= 11 is 0. The van der Waals surface area contributed by atoms with Crippen LogP contribution in [0.2, 0.25) is 0 Å². The molecule has 5 rings (SSSR count). The fraction of sp³-hybridized carbons (Fsp3) is 0.903. The highest BCUT2D eigenvalue weighted by Crippen LogP contribution is 2.75. The molecule has 0 aromatic heterocycles. The summed E-state index contributed by atoms with van der Waals surface area (Å²) in [6, 6.07) is 0. The average molecular weight is 471 g/mol. The first-order valence-electron chi connectivity index (χ1n) is 14.2. The van der Waals surface area contributed by atoms with Gasteiger partial charge in [0.05, 0.1) is 18.6 Å². The first-order chi connectivity index (χ1) is 15.7. The number of aliphatic hydroxyl groups is 1. The van der Waals surface area contributed by atoms with Gasteiger partial charge in [0.2, 0.25) is 0 Å². The minimum atomic E-state index is -0.323. The molecule has 4 fully saturated rings. The van der Waals surface area contributed by atoms with Crippen LogP contribution in [0.3, 0.4) is 0 Å². The molecular formula is C31H50O3. The molecule has 0 spiro atoms. The van der Waals surface area contributed by atoms with Crippen molar-refractivity contribution in [3.05, 3.63) is 11.6 Å². The maximum atomic E-state index is 13.3. The zero-order valence-electron chi connectivity index (χ0n) is 23.2. The summed E-state index contributed by atoms with van der Waals surface area (Å²) in [7, 11) is 1.59. The molecule has 5 aliphatic carbocycles. The molecule has 0 aliphatic heterocycles. The predicted octanol–water partition coefficient (Wildman–Crippen LogP) is 7.32. The van der Waals surface area contributed by atoms with Crippen molar-refractivity contribution in [1.82, 2.24) is 0 Å². The van der Waals surface area contributed by atoms with Crippen LogP contribution in [0.4, 0.5) is 0 Å². The van der Waals surface area contributed by atoms with Crippen molar-refractivity contribution in [2.75, 3.05) is 7.11 Å². The molecule has 192 valence electrons. The van der Waals surface area contributed by atoms with Crippen LogP contribution in [0.25, 0.3) is 0 Å². The van der Waals surface area contributed by atoms with Crippen LogP contribution in [0.5, 0.6) is 0 Å². The Morgan fingerprint density at radius 3 is 2.26 bits per heavy atom. The molecule has 0 radical (unpaired) electrons. The molecule has 0 heterocycles. The third kappa shape index (κ3) is 2.94. The highest BCUT2D eigenvalue weighted by molar-refractivity contribution is 5.78. The minimum Gasteiger partial charge on any atom is -0.469 e. The lowest BCUT2D eigenvalue weighted by Gasteiger charge is -2.71. The SMILES string of the molecule is COC(=O)[C@]12CCC(C)(C)C[C@H]1C1=CC[C@H]3[C@@]4(C)CC[C@H](O)C(C)(C)[C@H]4CC[C@@]3(C)[C@]1(C)CC2. The summed E-state index contributed by atoms with van der Waals surface area (Å²) in [4.78, 5) is 13.3. The van der Waals surface area contributed by atoms with Crippen molar-refractivity contribution in [2.45, 2.75) is 119 Å². The van der Waals surface area contributed by atoms with Crippen molar-refractivity contribution < 1.29 is 14.6 Å². The van der Waals surface area contributed by atoms with Gasteiger partial charge in [-0.05, 0) is 109 Å². The number of fused-ring (bicyclic) bond motifs is 7. The normalized spacial score (nSPS) is 51.1. The molecule has 34 heavy (non-hydrogen) atoms. The van der Waals surface area contributed by atoms with Crippen molar-refractivity contribution in [3.63, 3.8) is 0 Å². The molecular weight excluding hydrogens is 420 g/mol. The number of esters is 1.